The first kappa shape index (κ1) is 16.3. The van der Waals surface area contributed by atoms with Crippen molar-refractivity contribution in [3.8, 4) is 5.69 Å². The Morgan fingerprint density at radius 1 is 1.23 bits per heavy atom. The number of halogens is 1. The average molecular weight is 371 g/mol. The minimum absolute atomic E-state index is 0.144. The Kier molecular flexibility index (Phi) is 3.83. The van der Waals surface area contributed by atoms with Gasteiger partial charge in [-0.25, -0.2) is 4.68 Å². The predicted molar refractivity (Wildman–Crippen MR) is 101 cm³/mol. The van der Waals surface area contributed by atoms with E-state index in [9.17, 15) is 4.79 Å². The van der Waals surface area contributed by atoms with Crippen LogP contribution in [0, 0.1) is 18.8 Å². The van der Waals surface area contributed by atoms with Gasteiger partial charge in [0.15, 0.2) is 0 Å². The molecular weight excluding hydrogens is 348 g/mol. The van der Waals surface area contributed by atoms with Crippen LogP contribution < -0.4 is 5.32 Å². The van der Waals surface area contributed by atoms with Crippen molar-refractivity contribution in [2.24, 2.45) is 11.8 Å². The lowest BCUT2D eigenvalue weighted by Crippen LogP contribution is -2.32. The molecule has 2 saturated heterocycles. The minimum Gasteiger partial charge on any atom is -0.338 e. The van der Waals surface area contributed by atoms with Crippen molar-refractivity contribution in [3.05, 3.63) is 46.2 Å². The van der Waals surface area contributed by atoms with E-state index >= 15 is 0 Å². The number of benzene rings is 1. The lowest BCUT2D eigenvalue weighted by atomic mass is 10.0. The molecule has 136 valence electrons. The highest BCUT2D eigenvalue weighted by Crippen LogP contribution is 2.43. The number of nitrogens with one attached hydrogen (secondary N) is 1. The monoisotopic (exact) mass is 370 g/mol. The van der Waals surface area contributed by atoms with Gasteiger partial charge in [-0.15, -0.1) is 0 Å². The van der Waals surface area contributed by atoms with E-state index in [0.717, 1.165) is 66.6 Å². The second-order valence-electron chi connectivity index (χ2n) is 7.95. The van der Waals surface area contributed by atoms with Crippen molar-refractivity contribution in [1.82, 2.24) is 20.0 Å². The second-order valence-corrected chi connectivity index (χ2v) is 8.36. The molecule has 1 N–H and O–H groups in total. The Bertz CT molecular complexity index is 861. The van der Waals surface area contributed by atoms with Crippen LogP contribution in [0.15, 0.2) is 24.4 Å². The highest BCUT2D eigenvalue weighted by Gasteiger charge is 2.40. The van der Waals surface area contributed by atoms with Gasteiger partial charge in [0.25, 0.3) is 5.91 Å². The number of rotatable bonds is 3. The molecule has 0 spiro atoms. The van der Waals surface area contributed by atoms with Crippen molar-refractivity contribution in [2.75, 3.05) is 26.2 Å². The number of likely N-dealkylation sites (tertiary alicyclic amines) is 1. The van der Waals surface area contributed by atoms with E-state index in [1.54, 1.807) is 6.20 Å². The van der Waals surface area contributed by atoms with Gasteiger partial charge in [-0.3, -0.25) is 4.79 Å². The first-order valence-corrected chi connectivity index (χ1v) is 9.84. The number of aromatic nitrogens is 2. The molecule has 0 unspecified atom stereocenters. The fourth-order valence-corrected chi connectivity index (χ4v) is 4.56. The molecule has 3 aliphatic rings. The minimum atomic E-state index is 0.144. The van der Waals surface area contributed by atoms with Gasteiger partial charge in [-0.1, -0.05) is 17.7 Å². The molecule has 2 aliphatic heterocycles. The van der Waals surface area contributed by atoms with E-state index in [0.29, 0.717) is 17.8 Å². The number of fused-ring (bicyclic) bond motifs is 1. The van der Waals surface area contributed by atoms with Gasteiger partial charge >= 0.3 is 0 Å². The SMILES string of the molecule is Cc1ccc(-n2ncc(C(=O)N3C[C@H]4CNC[C@H]4C3)c2C2CC2)cc1Cl. The van der Waals surface area contributed by atoms with Crippen LogP contribution in [-0.4, -0.2) is 46.8 Å². The van der Waals surface area contributed by atoms with Crippen molar-refractivity contribution in [3.63, 3.8) is 0 Å². The van der Waals surface area contributed by atoms with Gasteiger partial charge in [0.1, 0.15) is 0 Å². The number of amides is 1. The molecule has 6 heteroatoms. The number of nitrogens with zero attached hydrogens (tertiary/aromatic N) is 3. The molecule has 1 saturated carbocycles. The first-order valence-electron chi connectivity index (χ1n) is 9.46. The zero-order valence-electron chi connectivity index (χ0n) is 14.9. The fourth-order valence-electron chi connectivity index (χ4n) is 4.38. The Labute approximate surface area is 158 Å². The summed E-state index contributed by atoms with van der Waals surface area (Å²) in [5, 5.41) is 8.74. The van der Waals surface area contributed by atoms with Gasteiger partial charge in [0.05, 0.1) is 23.1 Å². The van der Waals surface area contributed by atoms with Crippen molar-refractivity contribution in [2.45, 2.75) is 25.7 Å². The van der Waals surface area contributed by atoms with Gasteiger partial charge in [0.2, 0.25) is 0 Å². The topological polar surface area (TPSA) is 50.2 Å². The molecule has 1 aromatic heterocycles. The molecule has 3 fully saturated rings. The molecule has 2 aromatic rings. The third-order valence-corrected chi connectivity index (χ3v) is 6.48. The molecule has 1 amide bonds. The van der Waals surface area contributed by atoms with Crippen LogP contribution in [0.2, 0.25) is 5.02 Å². The Hall–Kier alpha value is -1.85. The summed E-state index contributed by atoms with van der Waals surface area (Å²) in [7, 11) is 0. The van der Waals surface area contributed by atoms with Crippen LogP contribution in [-0.2, 0) is 0 Å². The van der Waals surface area contributed by atoms with Crippen molar-refractivity contribution < 1.29 is 4.79 Å². The van der Waals surface area contributed by atoms with Crippen LogP contribution in [0.25, 0.3) is 5.69 Å². The summed E-state index contributed by atoms with van der Waals surface area (Å²) in [6.45, 7) is 5.78. The van der Waals surface area contributed by atoms with Gasteiger partial charge in [0, 0.05) is 37.1 Å². The number of hydrogen-bond donors (Lipinski definition) is 1. The van der Waals surface area contributed by atoms with Crippen molar-refractivity contribution in [1.29, 1.82) is 0 Å². The maximum absolute atomic E-state index is 13.2. The van der Waals surface area contributed by atoms with Crippen LogP contribution in [0.1, 0.15) is 40.4 Å². The molecular formula is C20H23ClN4O. The number of hydrogen-bond acceptors (Lipinski definition) is 3. The Balaban J connectivity index is 1.49. The molecule has 1 aromatic carbocycles. The van der Waals surface area contributed by atoms with E-state index in [4.69, 9.17) is 11.6 Å². The van der Waals surface area contributed by atoms with Crippen LogP contribution in [0.3, 0.4) is 0 Å². The first-order chi connectivity index (χ1) is 12.6. The van der Waals surface area contributed by atoms with E-state index in [2.05, 4.69) is 10.4 Å². The molecule has 1 aliphatic carbocycles. The molecule has 3 heterocycles. The summed E-state index contributed by atoms with van der Waals surface area (Å²) in [6, 6.07) is 5.97. The van der Waals surface area contributed by atoms with Gasteiger partial charge in [-0.05, 0) is 49.3 Å². The summed E-state index contributed by atoms with van der Waals surface area (Å²) in [5.74, 6) is 1.79. The standard InChI is InChI=1S/C20H23ClN4O/c1-12-2-5-16(6-18(12)21)25-19(13-3-4-13)17(9-23-25)20(26)24-10-14-7-22-8-15(14)11-24/h2,5-6,9,13-15,22H,3-4,7-8,10-11H2,1H3/t14-,15+. The number of carbonyl (C=O) groups excluding carboxylic acids is 1. The maximum Gasteiger partial charge on any atom is 0.257 e. The van der Waals surface area contributed by atoms with Crippen LogP contribution >= 0.6 is 11.6 Å². The Morgan fingerprint density at radius 3 is 2.62 bits per heavy atom. The highest BCUT2D eigenvalue weighted by molar-refractivity contribution is 6.31. The third kappa shape index (κ3) is 2.65. The third-order valence-electron chi connectivity index (χ3n) is 6.08. The lowest BCUT2D eigenvalue weighted by Gasteiger charge is -2.18. The van der Waals surface area contributed by atoms with E-state index in [-0.39, 0.29) is 5.91 Å². The molecule has 5 rings (SSSR count). The zero-order valence-corrected chi connectivity index (χ0v) is 15.7. The van der Waals surface area contributed by atoms with Crippen molar-refractivity contribution >= 4 is 17.5 Å². The largest absolute Gasteiger partial charge is 0.338 e. The summed E-state index contributed by atoms with van der Waals surface area (Å²) in [4.78, 5) is 15.3. The summed E-state index contributed by atoms with van der Waals surface area (Å²) in [5.41, 5.74) is 3.82. The van der Waals surface area contributed by atoms with Gasteiger partial charge < -0.3 is 10.2 Å². The molecule has 2 atom stereocenters. The van der Waals surface area contributed by atoms with E-state index in [1.807, 2.05) is 34.7 Å². The molecule has 5 nitrogen and oxygen atoms in total. The quantitative estimate of drug-likeness (QED) is 0.903. The normalized spacial score (nSPS) is 24.9. The average Bonchev–Trinajstić information content (AvgIpc) is 3.05. The fraction of sp³-hybridized carbons (Fsp3) is 0.500. The molecule has 0 radical (unpaired) electrons. The summed E-state index contributed by atoms with van der Waals surface area (Å²) >= 11 is 6.32. The second kappa shape index (κ2) is 6.10. The van der Waals surface area contributed by atoms with E-state index in [1.165, 1.54) is 0 Å². The molecule has 26 heavy (non-hydrogen) atoms. The Morgan fingerprint density at radius 2 is 1.96 bits per heavy atom. The lowest BCUT2D eigenvalue weighted by molar-refractivity contribution is 0.0780. The summed E-state index contributed by atoms with van der Waals surface area (Å²) < 4.78 is 1.93. The smallest absolute Gasteiger partial charge is 0.257 e. The van der Waals surface area contributed by atoms with Crippen LogP contribution in [0.5, 0.6) is 0 Å². The van der Waals surface area contributed by atoms with Gasteiger partial charge in [-0.2, -0.15) is 5.10 Å². The maximum atomic E-state index is 13.2. The van der Waals surface area contributed by atoms with Crippen LogP contribution in [0.4, 0.5) is 0 Å². The predicted octanol–water partition coefficient (Wildman–Crippen LogP) is 3.00. The van der Waals surface area contributed by atoms with E-state index < -0.39 is 0 Å². The zero-order chi connectivity index (χ0) is 17.8. The number of aryl methyl sites for hydroxylation is 1. The molecule has 0 bridgehead atoms. The summed E-state index contributed by atoms with van der Waals surface area (Å²) in [6.07, 6.45) is 4.01. The highest BCUT2D eigenvalue weighted by atomic mass is 35.5. The number of carbonyl (C=O) groups is 1.